The van der Waals surface area contributed by atoms with E-state index in [1.165, 1.54) is 0 Å². The van der Waals surface area contributed by atoms with Crippen LogP contribution in [-0.2, 0) is 0 Å². The number of aromatic hydroxyl groups is 1. The Morgan fingerprint density at radius 3 is 2.58 bits per heavy atom. The minimum atomic E-state index is 0.130. The maximum atomic E-state index is 9.29. The largest absolute Gasteiger partial charge is 0.507 e. The minimum absolute atomic E-state index is 0.130. The van der Waals surface area contributed by atoms with E-state index in [1.54, 1.807) is 12.1 Å². The predicted molar refractivity (Wildman–Crippen MR) is 51.6 cm³/mol. The number of halogens is 1. The summed E-state index contributed by atoms with van der Waals surface area (Å²) in [5.41, 5.74) is 0. The second kappa shape index (κ2) is 3.81. The summed E-state index contributed by atoms with van der Waals surface area (Å²) in [7, 11) is 0. The standard InChI is InChI=1S/C9H11BrO2/c1-6(2)12-7-3-4-8(10)9(11)5-7/h3-6,11H,1-2H3. The van der Waals surface area contributed by atoms with Gasteiger partial charge in [-0.3, -0.25) is 0 Å². The topological polar surface area (TPSA) is 29.5 Å². The molecule has 0 aromatic heterocycles. The Hall–Kier alpha value is -0.700. The molecule has 66 valence electrons. The van der Waals surface area contributed by atoms with E-state index in [1.807, 2.05) is 19.9 Å². The summed E-state index contributed by atoms with van der Waals surface area (Å²) in [6.45, 7) is 3.89. The van der Waals surface area contributed by atoms with Crippen LogP contribution in [0.5, 0.6) is 11.5 Å². The lowest BCUT2D eigenvalue weighted by atomic mass is 10.3. The van der Waals surface area contributed by atoms with E-state index >= 15 is 0 Å². The smallest absolute Gasteiger partial charge is 0.133 e. The number of ether oxygens (including phenoxy) is 1. The molecule has 0 bridgehead atoms. The van der Waals surface area contributed by atoms with Crippen LogP contribution < -0.4 is 4.74 Å². The zero-order valence-corrected chi connectivity index (χ0v) is 8.63. The van der Waals surface area contributed by atoms with E-state index in [0.717, 1.165) is 0 Å². The van der Waals surface area contributed by atoms with Crippen LogP contribution in [-0.4, -0.2) is 11.2 Å². The van der Waals surface area contributed by atoms with Crippen LogP contribution in [0.15, 0.2) is 22.7 Å². The second-order valence-corrected chi connectivity index (χ2v) is 3.63. The molecule has 0 radical (unpaired) electrons. The summed E-state index contributed by atoms with van der Waals surface area (Å²) in [6, 6.07) is 5.15. The summed E-state index contributed by atoms with van der Waals surface area (Å²) in [5, 5.41) is 9.29. The van der Waals surface area contributed by atoms with Crippen LogP contribution in [0.4, 0.5) is 0 Å². The lowest BCUT2D eigenvalue weighted by Gasteiger charge is -2.09. The molecule has 0 heterocycles. The quantitative estimate of drug-likeness (QED) is 0.847. The van der Waals surface area contributed by atoms with E-state index < -0.39 is 0 Å². The third-order valence-electron chi connectivity index (χ3n) is 1.29. The molecule has 0 saturated carbocycles. The van der Waals surface area contributed by atoms with Crippen molar-refractivity contribution in [2.75, 3.05) is 0 Å². The monoisotopic (exact) mass is 230 g/mol. The van der Waals surface area contributed by atoms with Gasteiger partial charge in [0.2, 0.25) is 0 Å². The van der Waals surface area contributed by atoms with Gasteiger partial charge in [0.25, 0.3) is 0 Å². The van der Waals surface area contributed by atoms with Crippen molar-refractivity contribution < 1.29 is 9.84 Å². The maximum Gasteiger partial charge on any atom is 0.133 e. The van der Waals surface area contributed by atoms with Gasteiger partial charge in [-0.05, 0) is 41.9 Å². The molecule has 0 fully saturated rings. The number of phenols is 1. The Balaban J connectivity index is 2.82. The fourth-order valence-electron chi connectivity index (χ4n) is 0.838. The summed E-state index contributed by atoms with van der Waals surface area (Å²) in [6.07, 6.45) is 0.130. The Morgan fingerprint density at radius 2 is 2.08 bits per heavy atom. The predicted octanol–water partition coefficient (Wildman–Crippen LogP) is 2.94. The highest BCUT2D eigenvalue weighted by molar-refractivity contribution is 9.10. The molecule has 2 nitrogen and oxygen atoms in total. The van der Waals surface area contributed by atoms with E-state index in [9.17, 15) is 5.11 Å². The first-order chi connectivity index (χ1) is 5.59. The molecule has 1 aromatic rings. The number of phenolic OH excluding ortho intramolecular Hbond substituents is 1. The molecule has 12 heavy (non-hydrogen) atoms. The highest BCUT2D eigenvalue weighted by Gasteiger charge is 2.01. The zero-order valence-electron chi connectivity index (χ0n) is 7.04. The van der Waals surface area contributed by atoms with E-state index in [4.69, 9.17) is 4.74 Å². The minimum Gasteiger partial charge on any atom is -0.507 e. The Kier molecular flexibility index (Phi) is 2.98. The van der Waals surface area contributed by atoms with Gasteiger partial charge in [-0.1, -0.05) is 0 Å². The van der Waals surface area contributed by atoms with E-state index in [2.05, 4.69) is 15.9 Å². The SMILES string of the molecule is CC(C)Oc1ccc(Br)c(O)c1. The van der Waals surface area contributed by atoms with E-state index in [-0.39, 0.29) is 11.9 Å². The van der Waals surface area contributed by atoms with Gasteiger partial charge in [0.15, 0.2) is 0 Å². The molecule has 0 amide bonds. The van der Waals surface area contributed by atoms with Crippen molar-refractivity contribution in [2.24, 2.45) is 0 Å². The first-order valence-corrected chi connectivity index (χ1v) is 4.54. The maximum absolute atomic E-state index is 9.29. The normalized spacial score (nSPS) is 10.3. The summed E-state index contributed by atoms with van der Waals surface area (Å²) in [5.74, 6) is 0.888. The third kappa shape index (κ3) is 2.41. The number of benzene rings is 1. The molecule has 0 aliphatic carbocycles. The summed E-state index contributed by atoms with van der Waals surface area (Å²) >= 11 is 3.19. The van der Waals surface area contributed by atoms with Crippen LogP contribution in [0.2, 0.25) is 0 Å². The molecule has 0 atom stereocenters. The molecule has 0 saturated heterocycles. The molecule has 1 rings (SSSR count). The molecule has 0 aliphatic rings. The van der Waals surface area contributed by atoms with Crippen LogP contribution in [0.1, 0.15) is 13.8 Å². The lowest BCUT2D eigenvalue weighted by Crippen LogP contribution is -2.05. The van der Waals surface area contributed by atoms with Crippen LogP contribution in [0, 0.1) is 0 Å². The van der Waals surface area contributed by atoms with Gasteiger partial charge >= 0.3 is 0 Å². The number of rotatable bonds is 2. The number of hydrogen-bond acceptors (Lipinski definition) is 2. The zero-order chi connectivity index (χ0) is 9.14. The van der Waals surface area contributed by atoms with Gasteiger partial charge in [-0.15, -0.1) is 0 Å². The van der Waals surface area contributed by atoms with Crippen molar-refractivity contribution in [1.82, 2.24) is 0 Å². The van der Waals surface area contributed by atoms with Crippen molar-refractivity contribution in [2.45, 2.75) is 20.0 Å². The second-order valence-electron chi connectivity index (χ2n) is 2.78. The highest BCUT2D eigenvalue weighted by atomic mass is 79.9. The van der Waals surface area contributed by atoms with Crippen LogP contribution in [0.3, 0.4) is 0 Å². The fourth-order valence-corrected chi connectivity index (χ4v) is 1.08. The third-order valence-corrected chi connectivity index (χ3v) is 1.96. The average molecular weight is 231 g/mol. The van der Waals surface area contributed by atoms with Crippen LogP contribution in [0.25, 0.3) is 0 Å². The summed E-state index contributed by atoms with van der Waals surface area (Å²) < 4.78 is 6.05. The van der Waals surface area contributed by atoms with Gasteiger partial charge in [-0.2, -0.15) is 0 Å². The first kappa shape index (κ1) is 9.39. The molecule has 0 unspecified atom stereocenters. The van der Waals surface area contributed by atoms with E-state index in [0.29, 0.717) is 10.2 Å². The van der Waals surface area contributed by atoms with Crippen molar-refractivity contribution in [3.8, 4) is 11.5 Å². The van der Waals surface area contributed by atoms with Gasteiger partial charge in [0.1, 0.15) is 11.5 Å². The Bertz CT molecular complexity index is 271. The average Bonchev–Trinajstić information content (AvgIpc) is 1.96. The molecular formula is C9H11BrO2. The highest BCUT2D eigenvalue weighted by Crippen LogP contribution is 2.28. The van der Waals surface area contributed by atoms with Crippen molar-refractivity contribution in [3.05, 3.63) is 22.7 Å². The van der Waals surface area contributed by atoms with Gasteiger partial charge < -0.3 is 9.84 Å². The molecule has 1 N–H and O–H groups in total. The Morgan fingerprint density at radius 1 is 1.42 bits per heavy atom. The first-order valence-electron chi connectivity index (χ1n) is 3.75. The van der Waals surface area contributed by atoms with Gasteiger partial charge in [-0.25, -0.2) is 0 Å². The van der Waals surface area contributed by atoms with Gasteiger partial charge in [0.05, 0.1) is 10.6 Å². The number of hydrogen-bond donors (Lipinski definition) is 1. The lowest BCUT2D eigenvalue weighted by molar-refractivity contribution is 0.241. The van der Waals surface area contributed by atoms with Crippen LogP contribution >= 0.6 is 15.9 Å². The summed E-state index contributed by atoms with van der Waals surface area (Å²) in [4.78, 5) is 0. The molecular weight excluding hydrogens is 220 g/mol. The van der Waals surface area contributed by atoms with Crippen molar-refractivity contribution in [3.63, 3.8) is 0 Å². The molecule has 0 aliphatic heterocycles. The molecule has 1 aromatic carbocycles. The fraction of sp³-hybridized carbons (Fsp3) is 0.333. The van der Waals surface area contributed by atoms with Crippen molar-refractivity contribution >= 4 is 15.9 Å². The van der Waals surface area contributed by atoms with Gasteiger partial charge in [0, 0.05) is 6.07 Å². The Labute approximate surface area is 80.3 Å². The molecule has 0 spiro atoms. The molecule has 3 heteroatoms. The van der Waals surface area contributed by atoms with Crippen molar-refractivity contribution in [1.29, 1.82) is 0 Å².